The molecule has 2 N–H and O–H groups in total. The highest BCUT2D eigenvalue weighted by molar-refractivity contribution is 6.11. The first-order valence-corrected chi connectivity index (χ1v) is 11.8. The van der Waals surface area contributed by atoms with Crippen LogP contribution in [-0.4, -0.2) is 50.5 Å². The Balaban J connectivity index is 1.19. The quantitative estimate of drug-likeness (QED) is 0.374. The molecule has 38 heavy (non-hydrogen) atoms. The van der Waals surface area contributed by atoms with Crippen molar-refractivity contribution in [2.75, 3.05) is 43.8 Å². The molecule has 0 saturated carbocycles. The van der Waals surface area contributed by atoms with E-state index in [0.717, 1.165) is 16.8 Å². The Bertz CT molecular complexity index is 1490. The third-order valence-electron chi connectivity index (χ3n) is 6.91. The van der Waals surface area contributed by atoms with Crippen molar-refractivity contribution in [1.29, 1.82) is 0 Å². The molecule has 0 aromatic heterocycles. The molecule has 6 rings (SSSR count). The van der Waals surface area contributed by atoms with E-state index < -0.39 is 16.4 Å². The van der Waals surface area contributed by atoms with E-state index in [0.29, 0.717) is 17.2 Å². The molecule has 194 valence electrons. The first kappa shape index (κ1) is 23.4. The number of non-ortho nitro benzene ring substituents is 1. The van der Waals surface area contributed by atoms with Crippen molar-refractivity contribution in [2.24, 2.45) is 0 Å². The molecule has 3 aliphatic heterocycles. The molecule has 3 amide bonds. The fraction of sp³-hybridized carbons (Fsp3) is 0.231. The van der Waals surface area contributed by atoms with Gasteiger partial charge in [0.1, 0.15) is 23.5 Å². The number of rotatable bonds is 6. The van der Waals surface area contributed by atoms with Crippen molar-refractivity contribution in [3.05, 3.63) is 75.8 Å². The SMILES string of the molecule is COc1cc([N+](=O)[O-])ccc1NC(=O)NCCN1C(=O)C2(COc3cc4c(cc32)OCO4)c2ccccc21. The van der Waals surface area contributed by atoms with E-state index >= 15 is 0 Å². The third kappa shape index (κ3) is 3.52. The molecule has 12 heteroatoms. The summed E-state index contributed by atoms with van der Waals surface area (Å²) < 4.78 is 22.1. The lowest BCUT2D eigenvalue weighted by Gasteiger charge is -2.23. The number of hydrogen-bond donors (Lipinski definition) is 2. The number of nitro benzene ring substituents is 1. The highest BCUT2D eigenvalue weighted by atomic mass is 16.7. The van der Waals surface area contributed by atoms with Crippen molar-refractivity contribution in [1.82, 2.24) is 5.32 Å². The van der Waals surface area contributed by atoms with Crippen molar-refractivity contribution in [2.45, 2.75) is 5.41 Å². The van der Waals surface area contributed by atoms with Crippen molar-refractivity contribution < 1.29 is 33.5 Å². The van der Waals surface area contributed by atoms with Crippen molar-refractivity contribution >= 4 is 29.0 Å². The number of urea groups is 1. The third-order valence-corrected chi connectivity index (χ3v) is 6.91. The number of amides is 3. The molecule has 3 aliphatic rings. The standard InChI is InChI=1S/C26H22N4O8/c1-35-21-10-15(30(33)34)6-7-18(21)28-25(32)27-8-9-29-19-5-3-2-4-16(19)26(24(29)31)13-36-20-12-23-22(11-17(20)26)37-14-38-23/h2-7,10-12H,8-9,13-14H2,1H3,(H2,27,28,32). The van der Waals surface area contributed by atoms with Gasteiger partial charge < -0.3 is 34.5 Å². The maximum Gasteiger partial charge on any atom is 0.319 e. The maximum atomic E-state index is 14.0. The zero-order chi connectivity index (χ0) is 26.4. The van der Waals surface area contributed by atoms with E-state index in [1.54, 1.807) is 11.0 Å². The number of fused-ring (bicyclic) bond motifs is 5. The van der Waals surface area contributed by atoms with Gasteiger partial charge >= 0.3 is 6.03 Å². The molecule has 1 spiro atoms. The zero-order valence-corrected chi connectivity index (χ0v) is 20.2. The molecule has 0 aliphatic carbocycles. The van der Waals surface area contributed by atoms with Gasteiger partial charge in [0.2, 0.25) is 12.7 Å². The lowest BCUT2D eigenvalue weighted by molar-refractivity contribution is -0.384. The summed E-state index contributed by atoms with van der Waals surface area (Å²) in [6.45, 7) is 0.612. The van der Waals surface area contributed by atoms with Crippen LogP contribution in [0.3, 0.4) is 0 Å². The highest BCUT2D eigenvalue weighted by Crippen LogP contribution is 2.54. The highest BCUT2D eigenvalue weighted by Gasteiger charge is 2.57. The van der Waals surface area contributed by atoms with Crippen LogP contribution < -0.4 is 34.5 Å². The normalized spacial score (nSPS) is 18.1. The second-order valence-corrected chi connectivity index (χ2v) is 8.89. The van der Waals surface area contributed by atoms with Crippen LogP contribution in [-0.2, 0) is 10.2 Å². The molecule has 0 saturated heterocycles. The van der Waals surface area contributed by atoms with Crippen molar-refractivity contribution in [3.63, 3.8) is 0 Å². The summed E-state index contributed by atoms with van der Waals surface area (Å²) in [5.41, 5.74) is 1.37. The smallest absolute Gasteiger partial charge is 0.319 e. The molecule has 3 aromatic carbocycles. The summed E-state index contributed by atoms with van der Waals surface area (Å²) in [4.78, 5) is 38.6. The lowest BCUT2D eigenvalue weighted by Crippen LogP contribution is -2.45. The molecule has 0 bridgehead atoms. The number of methoxy groups -OCH3 is 1. The van der Waals surface area contributed by atoms with Crippen LogP contribution in [0.25, 0.3) is 0 Å². The van der Waals surface area contributed by atoms with E-state index in [9.17, 15) is 19.7 Å². The van der Waals surface area contributed by atoms with E-state index in [-0.39, 0.29) is 49.5 Å². The number of nitrogens with one attached hydrogen (secondary N) is 2. The van der Waals surface area contributed by atoms with Crippen LogP contribution in [0.5, 0.6) is 23.0 Å². The van der Waals surface area contributed by atoms with E-state index in [4.69, 9.17) is 18.9 Å². The number of hydrogen-bond acceptors (Lipinski definition) is 8. The summed E-state index contributed by atoms with van der Waals surface area (Å²) in [5.74, 6) is 1.72. The summed E-state index contributed by atoms with van der Waals surface area (Å²) >= 11 is 0. The number of carbonyl (C=O) groups is 2. The number of ether oxygens (including phenoxy) is 4. The Hall–Kier alpha value is -5.00. The molecular formula is C26H22N4O8. The van der Waals surface area contributed by atoms with Gasteiger partial charge in [-0.2, -0.15) is 0 Å². The minimum absolute atomic E-state index is 0.112. The van der Waals surface area contributed by atoms with Crippen LogP contribution >= 0.6 is 0 Å². The van der Waals surface area contributed by atoms with Crippen LogP contribution in [0, 0.1) is 10.1 Å². The van der Waals surface area contributed by atoms with Gasteiger partial charge in [0.25, 0.3) is 5.69 Å². The Morgan fingerprint density at radius 1 is 1.08 bits per heavy atom. The monoisotopic (exact) mass is 518 g/mol. The van der Waals surface area contributed by atoms with Gasteiger partial charge in [-0.25, -0.2) is 4.79 Å². The number of anilines is 2. The zero-order valence-electron chi connectivity index (χ0n) is 20.2. The molecule has 1 unspecified atom stereocenters. The van der Waals surface area contributed by atoms with Crippen LogP contribution in [0.2, 0.25) is 0 Å². The van der Waals surface area contributed by atoms with Gasteiger partial charge in [0, 0.05) is 36.5 Å². The summed E-state index contributed by atoms with van der Waals surface area (Å²) in [6, 6.07) is 14.4. The van der Waals surface area contributed by atoms with Crippen LogP contribution in [0.4, 0.5) is 21.9 Å². The predicted molar refractivity (Wildman–Crippen MR) is 134 cm³/mol. The Kier molecular flexibility index (Phi) is 5.44. The number of nitro groups is 1. The van der Waals surface area contributed by atoms with Crippen LogP contribution in [0.1, 0.15) is 11.1 Å². The fourth-order valence-electron chi connectivity index (χ4n) is 5.13. The second-order valence-electron chi connectivity index (χ2n) is 8.89. The average molecular weight is 518 g/mol. The minimum atomic E-state index is -1.03. The Morgan fingerprint density at radius 3 is 2.66 bits per heavy atom. The predicted octanol–water partition coefficient (Wildman–Crippen LogP) is 3.18. The Morgan fingerprint density at radius 2 is 1.87 bits per heavy atom. The summed E-state index contributed by atoms with van der Waals surface area (Å²) in [6.07, 6.45) is 0. The number of para-hydroxylation sites is 1. The minimum Gasteiger partial charge on any atom is -0.494 e. The van der Waals surface area contributed by atoms with Gasteiger partial charge in [-0.3, -0.25) is 14.9 Å². The van der Waals surface area contributed by atoms with Gasteiger partial charge in [0.05, 0.1) is 23.8 Å². The Labute approximate surface area is 216 Å². The van der Waals surface area contributed by atoms with E-state index in [1.165, 1.54) is 25.3 Å². The fourth-order valence-corrected chi connectivity index (χ4v) is 5.13. The van der Waals surface area contributed by atoms with Gasteiger partial charge in [-0.1, -0.05) is 18.2 Å². The molecule has 1 atom stereocenters. The van der Waals surface area contributed by atoms with E-state index in [1.807, 2.05) is 30.3 Å². The number of nitrogens with zero attached hydrogens (tertiary/aromatic N) is 2. The van der Waals surface area contributed by atoms with Gasteiger partial charge in [-0.05, 0) is 23.8 Å². The molecule has 0 fully saturated rings. The molecule has 0 radical (unpaired) electrons. The molecule has 12 nitrogen and oxygen atoms in total. The molecule has 3 aromatic rings. The molecule has 3 heterocycles. The number of benzene rings is 3. The largest absolute Gasteiger partial charge is 0.494 e. The lowest BCUT2D eigenvalue weighted by atomic mass is 9.77. The van der Waals surface area contributed by atoms with Gasteiger partial charge in [0.15, 0.2) is 11.5 Å². The van der Waals surface area contributed by atoms with Crippen LogP contribution in [0.15, 0.2) is 54.6 Å². The average Bonchev–Trinajstić information content (AvgIpc) is 3.59. The summed E-state index contributed by atoms with van der Waals surface area (Å²) in [7, 11) is 1.35. The van der Waals surface area contributed by atoms with Gasteiger partial charge in [-0.15, -0.1) is 0 Å². The van der Waals surface area contributed by atoms with E-state index in [2.05, 4.69) is 10.6 Å². The molecular weight excluding hydrogens is 496 g/mol. The first-order valence-electron chi connectivity index (χ1n) is 11.8. The topological polar surface area (TPSA) is 142 Å². The number of carbonyl (C=O) groups excluding carboxylic acids is 2. The summed E-state index contributed by atoms with van der Waals surface area (Å²) in [5, 5.41) is 16.3. The maximum absolute atomic E-state index is 14.0. The first-order chi connectivity index (χ1) is 18.4. The van der Waals surface area contributed by atoms with Crippen molar-refractivity contribution in [3.8, 4) is 23.0 Å². The second kappa shape index (κ2) is 8.83.